The van der Waals surface area contributed by atoms with E-state index in [-0.39, 0.29) is 5.82 Å². The van der Waals surface area contributed by atoms with E-state index in [4.69, 9.17) is 0 Å². The average molecular weight is 253 g/mol. The van der Waals surface area contributed by atoms with Crippen molar-refractivity contribution >= 4 is 5.82 Å². The lowest BCUT2D eigenvalue weighted by molar-refractivity contribution is -0.141. The first-order valence-corrected chi connectivity index (χ1v) is 5.23. The van der Waals surface area contributed by atoms with E-state index in [9.17, 15) is 13.2 Å². The van der Waals surface area contributed by atoms with Gasteiger partial charge in [0.15, 0.2) is 0 Å². The molecule has 18 heavy (non-hydrogen) atoms. The van der Waals surface area contributed by atoms with Gasteiger partial charge in [0.1, 0.15) is 11.5 Å². The summed E-state index contributed by atoms with van der Waals surface area (Å²) in [5.74, 6) is 0.189. The topological polar surface area (TPSA) is 37.8 Å². The zero-order valence-corrected chi connectivity index (χ0v) is 9.28. The summed E-state index contributed by atoms with van der Waals surface area (Å²) in [6.45, 7) is 0.377. The largest absolute Gasteiger partial charge is 0.433 e. The number of nitrogens with one attached hydrogen (secondary N) is 1. The van der Waals surface area contributed by atoms with Gasteiger partial charge in [0, 0.05) is 18.9 Å². The Morgan fingerprint density at radius 2 is 1.94 bits per heavy atom. The Morgan fingerprint density at radius 1 is 1.11 bits per heavy atom. The molecule has 2 aromatic rings. The molecule has 3 nitrogen and oxygen atoms in total. The van der Waals surface area contributed by atoms with Crippen molar-refractivity contribution in [1.82, 2.24) is 9.97 Å². The summed E-state index contributed by atoms with van der Waals surface area (Å²) in [6.07, 6.45) is -1.15. The van der Waals surface area contributed by atoms with Gasteiger partial charge in [-0.15, -0.1) is 0 Å². The summed E-state index contributed by atoms with van der Waals surface area (Å²) < 4.78 is 37.3. The first-order valence-electron chi connectivity index (χ1n) is 5.23. The fraction of sp³-hybridized carbons (Fsp3) is 0.167. The minimum absolute atomic E-state index is 0.189. The number of alkyl halides is 3. The van der Waals surface area contributed by atoms with E-state index in [1.54, 1.807) is 18.5 Å². The highest BCUT2D eigenvalue weighted by molar-refractivity contribution is 5.36. The number of nitrogens with zero attached hydrogens (tertiary/aromatic N) is 2. The van der Waals surface area contributed by atoms with Crippen LogP contribution in [-0.4, -0.2) is 9.97 Å². The Hall–Kier alpha value is -2.11. The molecular weight excluding hydrogens is 243 g/mol. The Balaban J connectivity index is 2.06. The summed E-state index contributed by atoms with van der Waals surface area (Å²) in [7, 11) is 0. The molecule has 0 saturated carbocycles. The van der Waals surface area contributed by atoms with Crippen LogP contribution in [0.1, 0.15) is 11.3 Å². The van der Waals surface area contributed by atoms with Crippen LogP contribution in [0.3, 0.4) is 0 Å². The lowest BCUT2D eigenvalue weighted by Crippen LogP contribution is -2.10. The third kappa shape index (κ3) is 3.19. The molecule has 0 aromatic carbocycles. The first-order chi connectivity index (χ1) is 8.55. The smallest absolute Gasteiger partial charge is 0.366 e. The van der Waals surface area contributed by atoms with E-state index in [0.29, 0.717) is 6.54 Å². The predicted molar refractivity (Wildman–Crippen MR) is 60.8 cm³/mol. The van der Waals surface area contributed by atoms with Gasteiger partial charge in [-0.2, -0.15) is 13.2 Å². The maximum Gasteiger partial charge on any atom is 0.433 e. The molecule has 0 aliphatic heterocycles. The number of pyridine rings is 2. The minimum atomic E-state index is -4.42. The van der Waals surface area contributed by atoms with Crippen LogP contribution < -0.4 is 5.32 Å². The quantitative estimate of drug-likeness (QED) is 0.913. The zero-order chi connectivity index (χ0) is 13.0. The normalized spacial score (nSPS) is 11.3. The van der Waals surface area contributed by atoms with Gasteiger partial charge < -0.3 is 5.32 Å². The van der Waals surface area contributed by atoms with E-state index < -0.39 is 11.9 Å². The zero-order valence-electron chi connectivity index (χ0n) is 9.28. The van der Waals surface area contributed by atoms with E-state index in [1.165, 1.54) is 12.1 Å². The molecule has 2 heterocycles. The monoisotopic (exact) mass is 253 g/mol. The van der Waals surface area contributed by atoms with Crippen LogP contribution in [0.4, 0.5) is 19.0 Å². The van der Waals surface area contributed by atoms with Crippen LogP contribution in [0.2, 0.25) is 0 Å². The molecule has 0 amide bonds. The van der Waals surface area contributed by atoms with Gasteiger partial charge in [-0.25, -0.2) is 4.98 Å². The van der Waals surface area contributed by atoms with Crippen LogP contribution in [0.5, 0.6) is 0 Å². The molecule has 2 rings (SSSR count). The number of halogens is 3. The highest BCUT2D eigenvalue weighted by atomic mass is 19.4. The molecule has 0 atom stereocenters. The Labute approximate surface area is 102 Å². The fourth-order valence-electron chi connectivity index (χ4n) is 1.39. The maximum atomic E-state index is 12.4. The molecule has 1 N–H and O–H groups in total. The van der Waals surface area contributed by atoms with Crippen molar-refractivity contribution < 1.29 is 13.2 Å². The third-order valence-electron chi connectivity index (χ3n) is 2.24. The maximum absolute atomic E-state index is 12.4. The predicted octanol–water partition coefficient (Wildman–Crippen LogP) is 3.11. The van der Waals surface area contributed by atoms with Crippen molar-refractivity contribution in [3.63, 3.8) is 0 Å². The molecule has 0 saturated heterocycles. The molecule has 6 heteroatoms. The molecule has 0 bridgehead atoms. The second-order valence-corrected chi connectivity index (χ2v) is 3.62. The van der Waals surface area contributed by atoms with Crippen LogP contribution >= 0.6 is 0 Å². The third-order valence-corrected chi connectivity index (χ3v) is 2.24. The average Bonchev–Trinajstić information content (AvgIpc) is 2.37. The standard InChI is InChI=1S/C12H10F3N3/c13-12(14,15)10-4-1-5-11(18-10)17-8-9-3-2-6-16-7-9/h1-7H,8H2,(H,17,18). The molecule has 0 unspecified atom stereocenters. The van der Waals surface area contributed by atoms with Gasteiger partial charge in [0.25, 0.3) is 0 Å². The number of anilines is 1. The molecule has 0 aliphatic rings. The van der Waals surface area contributed by atoms with Crippen molar-refractivity contribution in [3.05, 3.63) is 54.0 Å². The summed E-state index contributed by atoms with van der Waals surface area (Å²) in [5.41, 5.74) is -0.0320. The SMILES string of the molecule is FC(F)(F)c1cccc(NCc2cccnc2)n1. The van der Waals surface area contributed by atoms with Crippen molar-refractivity contribution in [2.75, 3.05) is 5.32 Å². The Bertz CT molecular complexity index is 511. The Kier molecular flexibility index (Phi) is 3.45. The highest BCUT2D eigenvalue weighted by Crippen LogP contribution is 2.28. The van der Waals surface area contributed by atoms with Gasteiger partial charge in [-0.3, -0.25) is 4.98 Å². The van der Waals surface area contributed by atoms with Gasteiger partial charge in [-0.1, -0.05) is 12.1 Å². The Morgan fingerprint density at radius 3 is 2.61 bits per heavy atom. The summed E-state index contributed by atoms with van der Waals surface area (Å²) in [6, 6.07) is 7.34. The number of hydrogen-bond donors (Lipinski definition) is 1. The summed E-state index contributed by atoms with van der Waals surface area (Å²) >= 11 is 0. The van der Waals surface area contributed by atoms with E-state index >= 15 is 0 Å². The second-order valence-electron chi connectivity index (χ2n) is 3.62. The van der Waals surface area contributed by atoms with Gasteiger partial charge in [-0.05, 0) is 23.8 Å². The molecule has 0 fully saturated rings. The highest BCUT2D eigenvalue weighted by Gasteiger charge is 2.32. The number of hydrogen-bond acceptors (Lipinski definition) is 3. The summed E-state index contributed by atoms with van der Waals surface area (Å²) in [5, 5.41) is 2.82. The molecule has 2 aromatic heterocycles. The summed E-state index contributed by atoms with van der Waals surface area (Å²) in [4.78, 5) is 7.42. The van der Waals surface area contributed by atoms with Crippen molar-refractivity contribution in [3.8, 4) is 0 Å². The lowest BCUT2D eigenvalue weighted by Gasteiger charge is -2.09. The fourth-order valence-corrected chi connectivity index (χ4v) is 1.39. The van der Waals surface area contributed by atoms with Crippen LogP contribution in [-0.2, 0) is 12.7 Å². The van der Waals surface area contributed by atoms with E-state index in [0.717, 1.165) is 11.6 Å². The molecule has 0 spiro atoms. The van der Waals surface area contributed by atoms with Crippen molar-refractivity contribution in [1.29, 1.82) is 0 Å². The van der Waals surface area contributed by atoms with Crippen LogP contribution in [0.25, 0.3) is 0 Å². The van der Waals surface area contributed by atoms with Gasteiger partial charge in [0.2, 0.25) is 0 Å². The van der Waals surface area contributed by atoms with Crippen molar-refractivity contribution in [2.45, 2.75) is 12.7 Å². The molecular formula is C12H10F3N3. The van der Waals surface area contributed by atoms with E-state index in [1.807, 2.05) is 6.07 Å². The second kappa shape index (κ2) is 5.03. The molecule has 0 aliphatic carbocycles. The van der Waals surface area contributed by atoms with Gasteiger partial charge in [0.05, 0.1) is 0 Å². The van der Waals surface area contributed by atoms with Crippen LogP contribution in [0, 0.1) is 0 Å². The molecule has 0 radical (unpaired) electrons. The van der Waals surface area contributed by atoms with Gasteiger partial charge >= 0.3 is 6.18 Å². The number of rotatable bonds is 3. The van der Waals surface area contributed by atoms with Crippen molar-refractivity contribution in [2.24, 2.45) is 0 Å². The van der Waals surface area contributed by atoms with E-state index in [2.05, 4.69) is 15.3 Å². The van der Waals surface area contributed by atoms with Crippen LogP contribution in [0.15, 0.2) is 42.7 Å². The minimum Gasteiger partial charge on any atom is -0.366 e. The number of aromatic nitrogens is 2. The first kappa shape index (κ1) is 12.3. The molecule has 94 valence electrons. The lowest BCUT2D eigenvalue weighted by atomic mass is 10.3.